The lowest BCUT2D eigenvalue weighted by atomic mass is 9.92. The third-order valence-electron chi connectivity index (χ3n) is 5.66. The summed E-state index contributed by atoms with van der Waals surface area (Å²) in [5.41, 5.74) is 2.39. The summed E-state index contributed by atoms with van der Waals surface area (Å²) in [7, 11) is 0. The molecule has 2 fully saturated rings. The van der Waals surface area contributed by atoms with Crippen molar-refractivity contribution in [2.75, 3.05) is 18.0 Å². The van der Waals surface area contributed by atoms with Crippen LogP contribution in [-0.4, -0.2) is 40.5 Å². The van der Waals surface area contributed by atoms with E-state index in [1.54, 1.807) is 6.07 Å². The molecule has 6 heteroatoms. The molecule has 3 atom stereocenters. The Bertz CT molecular complexity index is 795. The van der Waals surface area contributed by atoms with Crippen molar-refractivity contribution in [3.8, 4) is 17.0 Å². The second-order valence-corrected chi connectivity index (χ2v) is 7.93. The molecule has 2 N–H and O–H groups in total. The van der Waals surface area contributed by atoms with Gasteiger partial charge in [-0.15, -0.1) is 10.2 Å². The number of rotatable bonds is 3. The predicted octanol–water partition coefficient (Wildman–Crippen LogP) is 3.64. The van der Waals surface area contributed by atoms with E-state index < -0.39 is 0 Å². The Kier molecular flexibility index (Phi) is 4.76. The van der Waals surface area contributed by atoms with Crippen molar-refractivity contribution in [1.82, 2.24) is 15.5 Å². The lowest BCUT2D eigenvalue weighted by Crippen LogP contribution is -2.50. The molecule has 0 radical (unpaired) electrons. The molecule has 4 rings (SSSR count). The standard InChI is InChI=1S/C20H25ClN4O/c1-3-13-9-14(21)10-18(26)20(13)16-4-5-19(24-23-16)25-7-6-15-17(25)8-12(2)11-22-15/h4-5,9-10,12,15,17,22,26H,3,6-8,11H2,1-2H3/t12?,15-,17+/m1/s1. The van der Waals surface area contributed by atoms with Crippen molar-refractivity contribution in [3.63, 3.8) is 0 Å². The van der Waals surface area contributed by atoms with Gasteiger partial charge >= 0.3 is 0 Å². The molecule has 0 amide bonds. The number of phenols is 1. The van der Waals surface area contributed by atoms with Gasteiger partial charge in [0.2, 0.25) is 0 Å². The maximum Gasteiger partial charge on any atom is 0.151 e. The topological polar surface area (TPSA) is 61.3 Å². The van der Waals surface area contributed by atoms with Crippen LogP contribution >= 0.6 is 11.6 Å². The minimum atomic E-state index is 0.156. The number of aromatic hydroxyl groups is 1. The monoisotopic (exact) mass is 372 g/mol. The molecule has 26 heavy (non-hydrogen) atoms. The van der Waals surface area contributed by atoms with Crippen LogP contribution in [0.25, 0.3) is 11.3 Å². The van der Waals surface area contributed by atoms with Crippen LogP contribution < -0.4 is 10.2 Å². The van der Waals surface area contributed by atoms with Crippen LogP contribution in [0, 0.1) is 5.92 Å². The summed E-state index contributed by atoms with van der Waals surface area (Å²) in [4.78, 5) is 2.38. The Balaban J connectivity index is 1.62. The number of anilines is 1. The summed E-state index contributed by atoms with van der Waals surface area (Å²) in [5.74, 6) is 1.76. The number of fused-ring (bicyclic) bond motifs is 1. The summed E-state index contributed by atoms with van der Waals surface area (Å²) in [6, 6.07) is 8.47. The van der Waals surface area contributed by atoms with Crippen LogP contribution in [0.15, 0.2) is 24.3 Å². The quantitative estimate of drug-likeness (QED) is 0.861. The van der Waals surface area contributed by atoms with Gasteiger partial charge in [0.15, 0.2) is 5.82 Å². The SMILES string of the molecule is CCc1cc(Cl)cc(O)c1-c1ccc(N2CC[C@H]3NCC(C)C[C@@H]32)nn1. The highest BCUT2D eigenvalue weighted by atomic mass is 35.5. The van der Waals surface area contributed by atoms with E-state index in [0.717, 1.165) is 42.9 Å². The molecule has 3 heterocycles. The Labute approximate surface area is 159 Å². The highest BCUT2D eigenvalue weighted by molar-refractivity contribution is 6.31. The van der Waals surface area contributed by atoms with Crippen LogP contribution in [0.2, 0.25) is 5.02 Å². The minimum Gasteiger partial charge on any atom is -0.507 e. The molecule has 138 valence electrons. The van der Waals surface area contributed by atoms with Gasteiger partial charge in [-0.1, -0.05) is 25.4 Å². The number of phenolic OH excluding ortho intramolecular Hbond substituents is 1. The third kappa shape index (κ3) is 3.14. The lowest BCUT2D eigenvalue weighted by Gasteiger charge is -2.36. The van der Waals surface area contributed by atoms with Gasteiger partial charge in [-0.25, -0.2) is 0 Å². The Morgan fingerprint density at radius 1 is 1.31 bits per heavy atom. The zero-order valence-electron chi connectivity index (χ0n) is 15.2. The number of halogens is 1. The van der Waals surface area contributed by atoms with E-state index in [1.807, 2.05) is 25.1 Å². The average Bonchev–Trinajstić information content (AvgIpc) is 3.04. The molecule has 1 aromatic heterocycles. The zero-order chi connectivity index (χ0) is 18.3. The fourth-order valence-corrected chi connectivity index (χ4v) is 4.58. The number of nitrogens with one attached hydrogen (secondary N) is 1. The van der Waals surface area contributed by atoms with Crippen LogP contribution in [0.3, 0.4) is 0 Å². The van der Waals surface area contributed by atoms with E-state index in [4.69, 9.17) is 11.6 Å². The smallest absolute Gasteiger partial charge is 0.151 e. The van der Waals surface area contributed by atoms with E-state index >= 15 is 0 Å². The number of piperidine rings is 1. The third-order valence-corrected chi connectivity index (χ3v) is 5.88. The summed E-state index contributed by atoms with van der Waals surface area (Å²) >= 11 is 6.07. The van der Waals surface area contributed by atoms with Crippen molar-refractivity contribution in [1.29, 1.82) is 0 Å². The molecule has 1 unspecified atom stereocenters. The minimum absolute atomic E-state index is 0.156. The number of aromatic nitrogens is 2. The molecule has 1 aromatic carbocycles. The Morgan fingerprint density at radius 3 is 2.88 bits per heavy atom. The number of nitrogens with zero attached hydrogens (tertiary/aromatic N) is 3. The second-order valence-electron chi connectivity index (χ2n) is 7.49. The van der Waals surface area contributed by atoms with E-state index in [9.17, 15) is 5.11 Å². The molecule has 2 saturated heterocycles. The lowest BCUT2D eigenvalue weighted by molar-refractivity contribution is 0.310. The van der Waals surface area contributed by atoms with E-state index in [1.165, 1.54) is 6.42 Å². The number of benzene rings is 1. The Morgan fingerprint density at radius 2 is 2.15 bits per heavy atom. The highest BCUT2D eigenvalue weighted by Crippen LogP contribution is 2.36. The molecular formula is C20H25ClN4O. The van der Waals surface area contributed by atoms with Crippen molar-refractivity contribution in [3.05, 3.63) is 34.9 Å². The van der Waals surface area contributed by atoms with Gasteiger partial charge in [-0.3, -0.25) is 0 Å². The van der Waals surface area contributed by atoms with Gasteiger partial charge in [0.1, 0.15) is 5.75 Å². The number of aryl methyl sites for hydroxylation is 1. The summed E-state index contributed by atoms with van der Waals surface area (Å²) in [6.45, 7) is 6.45. The van der Waals surface area contributed by atoms with Crippen molar-refractivity contribution in [2.24, 2.45) is 5.92 Å². The fourth-order valence-electron chi connectivity index (χ4n) is 4.35. The first kappa shape index (κ1) is 17.6. The fraction of sp³-hybridized carbons (Fsp3) is 0.500. The first-order chi connectivity index (χ1) is 12.6. The van der Waals surface area contributed by atoms with Gasteiger partial charge in [0.25, 0.3) is 0 Å². The predicted molar refractivity (Wildman–Crippen MR) is 105 cm³/mol. The summed E-state index contributed by atoms with van der Waals surface area (Å²) in [6.07, 6.45) is 3.12. The summed E-state index contributed by atoms with van der Waals surface area (Å²) < 4.78 is 0. The van der Waals surface area contributed by atoms with Crippen molar-refractivity contribution >= 4 is 17.4 Å². The van der Waals surface area contributed by atoms with E-state index in [-0.39, 0.29) is 5.75 Å². The molecular weight excluding hydrogens is 348 g/mol. The number of hydrogen-bond donors (Lipinski definition) is 2. The second kappa shape index (κ2) is 7.05. The van der Waals surface area contributed by atoms with Crippen molar-refractivity contribution < 1.29 is 5.11 Å². The van der Waals surface area contributed by atoms with E-state index in [2.05, 4.69) is 27.3 Å². The zero-order valence-corrected chi connectivity index (χ0v) is 16.0. The van der Waals surface area contributed by atoms with Gasteiger partial charge in [0.05, 0.1) is 5.69 Å². The van der Waals surface area contributed by atoms with Crippen LogP contribution in [-0.2, 0) is 6.42 Å². The van der Waals surface area contributed by atoms with E-state index in [0.29, 0.717) is 28.7 Å². The normalized spacial score (nSPS) is 25.3. The van der Waals surface area contributed by atoms with Crippen LogP contribution in [0.1, 0.15) is 32.3 Å². The number of hydrogen-bond acceptors (Lipinski definition) is 5. The molecule has 0 aliphatic carbocycles. The van der Waals surface area contributed by atoms with Gasteiger partial charge < -0.3 is 15.3 Å². The van der Waals surface area contributed by atoms with Gasteiger partial charge in [-0.2, -0.15) is 0 Å². The molecule has 2 aliphatic heterocycles. The highest BCUT2D eigenvalue weighted by Gasteiger charge is 2.38. The maximum absolute atomic E-state index is 10.4. The van der Waals surface area contributed by atoms with Crippen LogP contribution in [0.4, 0.5) is 5.82 Å². The van der Waals surface area contributed by atoms with Gasteiger partial charge in [0, 0.05) is 29.2 Å². The van der Waals surface area contributed by atoms with Crippen LogP contribution in [0.5, 0.6) is 5.75 Å². The molecule has 0 bridgehead atoms. The molecule has 2 aromatic rings. The first-order valence-electron chi connectivity index (χ1n) is 9.42. The maximum atomic E-state index is 10.4. The molecule has 0 saturated carbocycles. The largest absolute Gasteiger partial charge is 0.507 e. The first-order valence-corrected chi connectivity index (χ1v) is 9.80. The molecule has 0 spiro atoms. The van der Waals surface area contributed by atoms with Crippen molar-refractivity contribution in [2.45, 2.75) is 45.2 Å². The molecule has 2 aliphatic rings. The average molecular weight is 373 g/mol. The molecule has 5 nitrogen and oxygen atoms in total. The Hall–Kier alpha value is -1.85. The summed E-state index contributed by atoms with van der Waals surface area (Å²) in [5, 5.41) is 23.5. The van der Waals surface area contributed by atoms with Gasteiger partial charge in [-0.05, 0) is 61.6 Å².